The summed E-state index contributed by atoms with van der Waals surface area (Å²) in [4.78, 5) is 34.6. The van der Waals surface area contributed by atoms with Crippen LogP contribution in [0.3, 0.4) is 0 Å². The molecule has 2 aromatic heterocycles. The standard InChI is InChI=1S/C22H23N3O2S2/c1-24-21(27)19-16-8-4-5-9-17(16)29-20(19)23-22(24)28-13-18(26)25-11-10-14-6-2-3-7-15(14)12-25/h2-3,6-7H,4-5,8-13H2,1H3. The van der Waals surface area contributed by atoms with Crippen LogP contribution in [0.15, 0.2) is 34.2 Å². The lowest BCUT2D eigenvalue weighted by molar-refractivity contribution is -0.129. The van der Waals surface area contributed by atoms with Gasteiger partial charge in [-0.3, -0.25) is 14.2 Å². The summed E-state index contributed by atoms with van der Waals surface area (Å²) >= 11 is 3.03. The third kappa shape index (κ3) is 3.40. The van der Waals surface area contributed by atoms with Gasteiger partial charge in [0.2, 0.25) is 5.91 Å². The molecule has 0 bridgehead atoms. The van der Waals surface area contributed by atoms with Crippen molar-refractivity contribution >= 4 is 39.2 Å². The number of aromatic nitrogens is 2. The van der Waals surface area contributed by atoms with Crippen molar-refractivity contribution in [1.82, 2.24) is 14.5 Å². The average molecular weight is 426 g/mol. The molecule has 29 heavy (non-hydrogen) atoms. The number of benzene rings is 1. The quantitative estimate of drug-likeness (QED) is 0.476. The van der Waals surface area contributed by atoms with E-state index in [0.29, 0.717) is 17.5 Å². The van der Waals surface area contributed by atoms with Gasteiger partial charge in [0.1, 0.15) is 4.83 Å². The molecule has 0 saturated carbocycles. The second-order valence-corrected chi connectivity index (χ2v) is 9.80. The number of hydrogen-bond acceptors (Lipinski definition) is 5. The van der Waals surface area contributed by atoms with Gasteiger partial charge in [0.15, 0.2) is 5.16 Å². The van der Waals surface area contributed by atoms with Crippen LogP contribution in [-0.4, -0.2) is 32.7 Å². The Labute approximate surface area is 177 Å². The molecule has 0 radical (unpaired) electrons. The summed E-state index contributed by atoms with van der Waals surface area (Å²) in [7, 11) is 1.77. The van der Waals surface area contributed by atoms with Gasteiger partial charge in [-0.05, 0) is 48.8 Å². The van der Waals surface area contributed by atoms with Crippen molar-refractivity contribution in [1.29, 1.82) is 0 Å². The van der Waals surface area contributed by atoms with E-state index < -0.39 is 0 Å². The molecule has 3 aromatic rings. The molecule has 1 aliphatic heterocycles. The summed E-state index contributed by atoms with van der Waals surface area (Å²) in [6.07, 6.45) is 5.27. The molecule has 0 fully saturated rings. The Morgan fingerprint density at radius 1 is 1.17 bits per heavy atom. The van der Waals surface area contributed by atoms with Crippen molar-refractivity contribution in [2.75, 3.05) is 12.3 Å². The molecule has 0 atom stereocenters. The smallest absolute Gasteiger partial charge is 0.262 e. The van der Waals surface area contributed by atoms with E-state index in [0.717, 1.165) is 42.4 Å². The first-order valence-electron chi connectivity index (χ1n) is 10.1. The molecule has 150 valence electrons. The van der Waals surface area contributed by atoms with Crippen LogP contribution in [0, 0.1) is 0 Å². The van der Waals surface area contributed by atoms with Crippen molar-refractivity contribution in [3.8, 4) is 0 Å². The van der Waals surface area contributed by atoms with Crippen LogP contribution >= 0.6 is 23.1 Å². The highest BCUT2D eigenvalue weighted by atomic mass is 32.2. The SMILES string of the molecule is Cn1c(SCC(=O)N2CCc3ccccc3C2)nc2sc3c(c2c1=O)CCCC3. The zero-order chi connectivity index (χ0) is 20.0. The molecular formula is C22H23N3O2S2. The first-order valence-corrected chi connectivity index (χ1v) is 11.9. The van der Waals surface area contributed by atoms with Crippen LogP contribution < -0.4 is 5.56 Å². The Kier molecular flexibility index (Phi) is 4.95. The fraction of sp³-hybridized carbons (Fsp3) is 0.409. The van der Waals surface area contributed by atoms with E-state index in [1.807, 2.05) is 11.0 Å². The van der Waals surface area contributed by atoms with E-state index in [1.165, 1.54) is 39.8 Å². The second-order valence-electron chi connectivity index (χ2n) is 7.77. The Morgan fingerprint density at radius 2 is 1.97 bits per heavy atom. The number of amides is 1. The lowest BCUT2D eigenvalue weighted by Crippen LogP contribution is -2.37. The number of carbonyl (C=O) groups excluding carboxylic acids is 1. The predicted octanol–water partition coefficient (Wildman–Crippen LogP) is 3.55. The number of thioether (sulfide) groups is 1. The van der Waals surface area contributed by atoms with Crippen LogP contribution in [0.25, 0.3) is 10.2 Å². The maximum atomic E-state index is 13.0. The highest BCUT2D eigenvalue weighted by molar-refractivity contribution is 7.99. The molecule has 7 heteroatoms. The van der Waals surface area contributed by atoms with Crippen LogP contribution in [-0.2, 0) is 37.6 Å². The Hall–Kier alpha value is -2.12. The molecule has 1 aliphatic carbocycles. The number of carbonyl (C=O) groups is 1. The normalized spacial score (nSPS) is 16.0. The Bertz CT molecular complexity index is 1160. The number of nitrogens with zero attached hydrogens (tertiary/aromatic N) is 3. The Morgan fingerprint density at radius 3 is 2.83 bits per heavy atom. The molecule has 1 amide bonds. The molecule has 5 rings (SSSR count). The van der Waals surface area contributed by atoms with E-state index in [9.17, 15) is 9.59 Å². The highest BCUT2D eigenvalue weighted by Gasteiger charge is 2.23. The van der Waals surface area contributed by atoms with Gasteiger partial charge in [-0.2, -0.15) is 0 Å². The van der Waals surface area contributed by atoms with Crippen LogP contribution in [0.2, 0.25) is 0 Å². The van der Waals surface area contributed by atoms with Gasteiger partial charge >= 0.3 is 0 Å². The number of hydrogen-bond donors (Lipinski definition) is 0. The number of fused-ring (bicyclic) bond motifs is 4. The number of aryl methyl sites for hydroxylation is 2. The molecule has 2 aliphatic rings. The summed E-state index contributed by atoms with van der Waals surface area (Å²) < 4.78 is 1.62. The molecule has 0 spiro atoms. The molecule has 0 unspecified atom stereocenters. The lowest BCUT2D eigenvalue weighted by atomic mass is 9.97. The third-order valence-corrected chi connectivity index (χ3v) is 8.16. The summed E-state index contributed by atoms with van der Waals surface area (Å²) in [5.74, 6) is 0.406. The molecule has 0 N–H and O–H groups in total. The van der Waals surface area contributed by atoms with Crippen molar-refractivity contribution in [3.63, 3.8) is 0 Å². The minimum Gasteiger partial charge on any atom is -0.337 e. The largest absolute Gasteiger partial charge is 0.337 e. The maximum Gasteiger partial charge on any atom is 0.262 e. The zero-order valence-corrected chi connectivity index (χ0v) is 18.1. The zero-order valence-electron chi connectivity index (χ0n) is 16.4. The molecular weight excluding hydrogens is 402 g/mol. The fourth-order valence-corrected chi connectivity index (χ4v) is 6.50. The second kappa shape index (κ2) is 7.61. The fourth-order valence-electron chi connectivity index (χ4n) is 4.32. The van der Waals surface area contributed by atoms with Gasteiger partial charge in [0.05, 0.1) is 11.1 Å². The molecule has 1 aromatic carbocycles. The van der Waals surface area contributed by atoms with Gasteiger partial charge in [0.25, 0.3) is 5.56 Å². The minimum absolute atomic E-state index is 0.0243. The Balaban J connectivity index is 1.35. The van der Waals surface area contributed by atoms with Gasteiger partial charge in [0, 0.05) is 25.0 Å². The van der Waals surface area contributed by atoms with Gasteiger partial charge in [-0.15, -0.1) is 11.3 Å². The number of rotatable bonds is 3. The summed E-state index contributed by atoms with van der Waals surface area (Å²) in [5.41, 5.74) is 3.80. The first kappa shape index (κ1) is 18.9. The van der Waals surface area contributed by atoms with Crippen LogP contribution in [0.4, 0.5) is 0 Å². The third-order valence-electron chi connectivity index (χ3n) is 5.96. The summed E-state index contributed by atoms with van der Waals surface area (Å²) in [6.45, 7) is 1.41. The molecule has 5 nitrogen and oxygen atoms in total. The molecule has 3 heterocycles. The van der Waals surface area contributed by atoms with Crippen molar-refractivity contribution in [2.24, 2.45) is 7.05 Å². The van der Waals surface area contributed by atoms with Crippen molar-refractivity contribution in [3.05, 3.63) is 56.2 Å². The van der Waals surface area contributed by atoms with Gasteiger partial charge in [-0.25, -0.2) is 4.98 Å². The summed E-state index contributed by atoms with van der Waals surface area (Å²) in [6, 6.07) is 8.31. The van der Waals surface area contributed by atoms with Crippen LogP contribution in [0.5, 0.6) is 0 Å². The van der Waals surface area contributed by atoms with Gasteiger partial charge < -0.3 is 4.90 Å². The van der Waals surface area contributed by atoms with Crippen molar-refractivity contribution < 1.29 is 4.79 Å². The van der Waals surface area contributed by atoms with E-state index in [4.69, 9.17) is 4.98 Å². The van der Waals surface area contributed by atoms with Crippen LogP contribution in [0.1, 0.15) is 34.4 Å². The van der Waals surface area contributed by atoms with E-state index in [-0.39, 0.29) is 11.5 Å². The average Bonchev–Trinajstić information content (AvgIpc) is 3.13. The lowest BCUT2D eigenvalue weighted by Gasteiger charge is -2.28. The first-order chi connectivity index (χ1) is 14.1. The van der Waals surface area contributed by atoms with E-state index >= 15 is 0 Å². The van der Waals surface area contributed by atoms with E-state index in [1.54, 1.807) is 23.0 Å². The monoisotopic (exact) mass is 425 g/mol. The minimum atomic E-state index is 0.0243. The van der Waals surface area contributed by atoms with E-state index in [2.05, 4.69) is 18.2 Å². The summed E-state index contributed by atoms with van der Waals surface area (Å²) in [5, 5.41) is 1.43. The van der Waals surface area contributed by atoms with Gasteiger partial charge in [-0.1, -0.05) is 36.0 Å². The highest BCUT2D eigenvalue weighted by Crippen LogP contribution is 2.34. The number of thiophene rings is 1. The topological polar surface area (TPSA) is 55.2 Å². The van der Waals surface area contributed by atoms with Crippen molar-refractivity contribution in [2.45, 2.75) is 43.8 Å². The maximum absolute atomic E-state index is 13.0. The molecule has 0 saturated heterocycles. The predicted molar refractivity (Wildman–Crippen MR) is 118 cm³/mol.